The minimum atomic E-state index is -0.862. The molecule has 80 heavy (non-hydrogen) atoms. The van der Waals surface area contributed by atoms with Crippen molar-refractivity contribution in [2.24, 2.45) is 27.8 Å². The number of guanidine groups is 1. The molecule has 2 aliphatic carbocycles. The van der Waals surface area contributed by atoms with Gasteiger partial charge in [-0.3, -0.25) is 4.79 Å². The van der Waals surface area contributed by atoms with Gasteiger partial charge in [-0.15, -0.1) is 0 Å². The molecule has 2 saturated carbocycles. The number of piperazine rings is 1. The Kier molecular flexibility index (Phi) is 16.1. The largest absolute Gasteiger partial charge is 0.508 e. The topological polar surface area (TPSA) is 214 Å². The van der Waals surface area contributed by atoms with Gasteiger partial charge in [-0.1, -0.05) is 98.6 Å². The number of aliphatic hydroxyl groups is 2. The van der Waals surface area contributed by atoms with Crippen molar-refractivity contribution in [1.82, 2.24) is 10.3 Å². The molecule has 7 aromatic rings. The van der Waals surface area contributed by atoms with E-state index in [0.717, 1.165) is 78.2 Å². The number of aliphatic hydroxyl groups excluding tert-OH is 2. The lowest BCUT2D eigenvalue weighted by Crippen LogP contribution is -2.62. The molecule has 0 radical (unpaired) electrons. The summed E-state index contributed by atoms with van der Waals surface area (Å²) >= 11 is 0. The third-order valence-corrected chi connectivity index (χ3v) is 17.8. The van der Waals surface area contributed by atoms with Crippen molar-refractivity contribution in [3.8, 4) is 45.4 Å². The zero-order chi connectivity index (χ0) is 55.4. The summed E-state index contributed by atoms with van der Waals surface area (Å²) in [6.07, 6.45) is 14.6. The molecule has 5 heterocycles. The summed E-state index contributed by atoms with van der Waals surface area (Å²) in [5.74, 6) is 1.58. The molecular weight excluding hydrogens is 1000 g/mol. The van der Waals surface area contributed by atoms with Crippen LogP contribution in [-0.4, -0.2) is 85.0 Å². The number of methoxy groups -OCH3 is 1. The number of rotatable bonds is 11. The Morgan fingerprint density at radius 3 is 2.46 bits per heavy atom. The predicted molar refractivity (Wildman–Crippen MR) is 317 cm³/mol. The Morgan fingerprint density at radius 2 is 1.71 bits per heavy atom. The van der Waals surface area contributed by atoms with Crippen LogP contribution < -0.4 is 41.3 Å². The second-order valence-electron chi connectivity index (χ2n) is 22.7. The van der Waals surface area contributed by atoms with Crippen molar-refractivity contribution < 1.29 is 33.9 Å². The van der Waals surface area contributed by atoms with Crippen LogP contribution in [0.15, 0.2) is 129 Å². The Labute approximate surface area is 468 Å². The number of fused-ring (bicyclic) bond motifs is 7. The number of benzene rings is 5. The van der Waals surface area contributed by atoms with Crippen LogP contribution in [-0.2, 0) is 31.1 Å². The number of aliphatic imine (C=N–C) groups is 1. The SMILES string of the molecule is CCc1cc2c([nH]1)N1CCNC[C@H]1C1(CCC3(CCCC3)CC1)c1ccc(c(N=C(N)N)c1)C[C@H](CO)COc1c(OC)c(OCC[C@@H](O)/C=C/c3ccccc3)c3c(=O)cc(-c4ccc(O)cc4)oc3c1CCc1cccc-2c1. The van der Waals surface area contributed by atoms with Crippen LogP contribution in [0.3, 0.4) is 0 Å². The molecule has 5 aliphatic rings. The van der Waals surface area contributed by atoms with E-state index in [0.29, 0.717) is 47.2 Å². The lowest BCUT2D eigenvalue weighted by molar-refractivity contribution is 0.107. The van der Waals surface area contributed by atoms with Gasteiger partial charge in [-0.05, 0) is 134 Å². The smallest absolute Gasteiger partial charge is 0.204 e. The fourth-order valence-corrected chi connectivity index (χ4v) is 13.4. The summed E-state index contributed by atoms with van der Waals surface area (Å²) in [7, 11) is 1.52. The van der Waals surface area contributed by atoms with Crippen LogP contribution in [0, 0.1) is 11.3 Å². The van der Waals surface area contributed by atoms with Gasteiger partial charge in [0.1, 0.15) is 28.3 Å². The highest BCUT2D eigenvalue weighted by Gasteiger charge is 2.51. The number of nitrogens with two attached hydrogens (primary N) is 2. The average Bonchev–Trinajstić information content (AvgIpc) is 4.16. The number of ether oxygens (including phenoxy) is 3. The van der Waals surface area contributed by atoms with E-state index in [1.807, 2.05) is 36.4 Å². The molecule has 418 valence electrons. The molecule has 2 aromatic heterocycles. The zero-order valence-corrected chi connectivity index (χ0v) is 46.1. The summed E-state index contributed by atoms with van der Waals surface area (Å²) in [5, 5.41) is 36.7. The summed E-state index contributed by atoms with van der Waals surface area (Å²) in [6.45, 7) is 4.50. The molecule has 1 saturated heterocycles. The summed E-state index contributed by atoms with van der Waals surface area (Å²) in [5.41, 5.74) is 21.9. The number of aromatic amines is 1. The molecule has 5 aromatic carbocycles. The molecule has 0 unspecified atom stereocenters. The number of hydrogen-bond acceptors (Lipinski definition) is 11. The van der Waals surface area contributed by atoms with Gasteiger partial charge in [0.25, 0.3) is 0 Å². The first-order chi connectivity index (χ1) is 39.0. The Bertz CT molecular complexity index is 3420. The number of aromatic hydroxyl groups is 1. The molecular formula is C66H76N6O8. The maximum Gasteiger partial charge on any atom is 0.204 e. The zero-order valence-electron chi connectivity index (χ0n) is 46.1. The normalized spacial score (nSPS) is 19.3. The van der Waals surface area contributed by atoms with E-state index in [1.165, 1.54) is 57.3 Å². The van der Waals surface area contributed by atoms with E-state index in [2.05, 4.69) is 70.7 Å². The maximum atomic E-state index is 14.8. The Hall–Kier alpha value is -7.52. The standard InChI is InChI=1S/C66H76N6O8/c1-3-49-37-53-46-13-9-12-43(34-46)15-23-52-59-58(55(76)38-56(80-59)45-17-21-50(74)22-18-45)61(78-33-24-51(75)20-14-42-10-5-4-6-11-42)62(77-2)60(52)79-41-44(40-73)35-47-16-19-48(36-54(47)71-64(67)68)66(29-27-65(28-30-66)25-7-8-26-65)57-39-69-31-32-72(57)63(53)70-49/h4-6,9-14,16-22,34,36-38,44,51,57,69-70,73-75H,3,7-8,15,23-33,35,39-41H2,1-2H3,(H4,67,68,71)/b20-14+/t44-,51+,57+/m1/s1. The Morgan fingerprint density at radius 1 is 0.912 bits per heavy atom. The number of aromatic nitrogens is 1. The van der Waals surface area contributed by atoms with Gasteiger partial charge < -0.3 is 60.6 Å². The van der Waals surface area contributed by atoms with E-state index in [1.54, 1.807) is 30.3 Å². The van der Waals surface area contributed by atoms with Crippen LogP contribution in [0.5, 0.6) is 23.0 Å². The quantitative estimate of drug-likeness (QED) is 0.0476. The van der Waals surface area contributed by atoms with Crippen molar-refractivity contribution in [3.63, 3.8) is 0 Å². The van der Waals surface area contributed by atoms with Gasteiger partial charge in [0.05, 0.1) is 38.2 Å². The van der Waals surface area contributed by atoms with Gasteiger partial charge in [0.2, 0.25) is 5.75 Å². The summed E-state index contributed by atoms with van der Waals surface area (Å²) in [4.78, 5) is 26.3. The van der Waals surface area contributed by atoms with E-state index in [4.69, 9.17) is 35.1 Å². The summed E-state index contributed by atoms with van der Waals surface area (Å²) < 4.78 is 26.8. The van der Waals surface area contributed by atoms with Crippen molar-refractivity contribution in [1.29, 1.82) is 0 Å². The highest BCUT2D eigenvalue weighted by Crippen LogP contribution is 2.57. The highest BCUT2D eigenvalue weighted by atomic mass is 16.5. The van der Waals surface area contributed by atoms with E-state index in [9.17, 15) is 20.1 Å². The number of phenolic OH excluding ortho intramolecular Hbond substituents is 1. The van der Waals surface area contributed by atoms with E-state index >= 15 is 0 Å². The second kappa shape index (κ2) is 23.7. The minimum absolute atomic E-state index is 0.0110. The van der Waals surface area contributed by atoms with E-state index < -0.39 is 12.0 Å². The lowest BCUT2D eigenvalue weighted by Gasteiger charge is -2.54. The van der Waals surface area contributed by atoms with Gasteiger partial charge in [0, 0.05) is 72.4 Å². The molecule has 12 rings (SSSR count). The fraction of sp³-hybridized carbons (Fsp3) is 0.394. The predicted octanol–water partition coefficient (Wildman–Crippen LogP) is 10.7. The maximum absolute atomic E-state index is 14.8. The van der Waals surface area contributed by atoms with E-state index in [-0.39, 0.29) is 83.1 Å². The molecule has 0 amide bonds. The van der Waals surface area contributed by atoms with Crippen molar-refractivity contribution in [2.75, 3.05) is 51.5 Å². The Balaban J connectivity index is 1.07. The molecule has 14 heteroatoms. The molecule has 14 nitrogen and oxygen atoms in total. The van der Waals surface area contributed by atoms with Gasteiger partial charge in [-0.25, -0.2) is 4.99 Å². The number of anilines is 1. The number of phenols is 1. The first kappa shape index (κ1) is 54.4. The van der Waals surface area contributed by atoms with Crippen LogP contribution >= 0.6 is 0 Å². The van der Waals surface area contributed by atoms with Crippen LogP contribution in [0.2, 0.25) is 0 Å². The number of H-pyrrole nitrogens is 1. The van der Waals surface area contributed by atoms with Crippen molar-refractivity contribution in [3.05, 3.63) is 159 Å². The van der Waals surface area contributed by atoms with Crippen LogP contribution in [0.1, 0.15) is 98.2 Å². The number of nitrogens with one attached hydrogen (secondary N) is 2. The molecule has 3 atom stereocenters. The highest BCUT2D eigenvalue weighted by molar-refractivity contribution is 5.93. The molecule has 2 spiro atoms. The van der Waals surface area contributed by atoms with Gasteiger partial charge in [-0.2, -0.15) is 0 Å². The van der Waals surface area contributed by atoms with Gasteiger partial charge in [0.15, 0.2) is 22.9 Å². The number of aryl methyl sites for hydroxylation is 3. The second-order valence-corrected chi connectivity index (χ2v) is 22.7. The number of nitrogens with zero attached hydrogens (tertiary/aromatic N) is 2. The first-order valence-electron chi connectivity index (χ1n) is 28.8. The molecule has 3 aliphatic heterocycles. The third-order valence-electron chi connectivity index (χ3n) is 17.8. The van der Waals surface area contributed by atoms with Crippen LogP contribution in [0.4, 0.5) is 11.5 Å². The molecule has 9 N–H and O–H groups in total. The first-order valence-corrected chi connectivity index (χ1v) is 28.8. The third kappa shape index (κ3) is 11.2. The van der Waals surface area contributed by atoms with Crippen molar-refractivity contribution in [2.45, 2.75) is 108 Å². The minimum Gasteiger partial charge on any atom is -0.508 e. The fourth-order valence-electron chi connectivity index (χ4n) is 13.4. The molecule has 3 fully saturated rings. The monoisotopic (exact) mass is 1080 g/mol. The summed E-state index contributed by atoms with van der Waals surface area (Å²) in [6, 6.07) is 35.5. The number of hydrogen-bond donors (Lipinski definition) is 7. The van der Waals surface area contributed by atoms with Crippen molar-refractivity contribution >= 4 is 34.5 Å². The van der Waals surface area contributed by atoms with Gasteiger partial charge >= 0.3 is 0 Å². The molecule has 4 bridgehead atoms. The average molecular weight is 1080 g/mol. The lowest BCUT2D eigenvalue weighted by atomic mass is 9.57. The van der Waals surface area contributed by atoms with Crippen LogP contribution in [0.25, 0.3) is 39.5 Å².